The van der Waals surface area contributed by atoms with Crippen molar-refractivity contribution in [1.82, 2.24) is 9.80 Å². The lowest BCUT2D eigenvalue weighted by molar-refractivity contribution is -0.127. The largest absolute Gasteiger partial charge is 0.337 e. The van der Waals surface area contributed by atoms with E-state index in [-0.39, 0.29) is 5.91 Å². The van der Waals surface area contributed by atoms with Gasteiger partial charge in [0.05, 0.1) is 0 Å². The summed E-state index contributed by atoms with van der Waals surface area (Å²) in [6.45, 7) is 12.2. The number of nitrogens with zero attached hydrogens (tertiary/aromatic N) is 2. The zero-order valence-electron chi connectivity index (χ0n) is 15.7. The van der Waals surface area contributed by atoms with Gasteiger partial charge in [0.25, 0.3) is 0 Å². The standard InChI is InChI=1S/C20H34N2O/c1-17(2)8-6-9-18(3)10-7-11-19(4)16-20(23)22-14-12-21(5)13-15-22/h8,10,16H,6-7,9,11-15H2,1-5H3/b18-10+,19-16+. The van der Waals surface area contributed by atoms with Gasteiger partial charge in [0.1, 0.15) is 0 Å². The predicted molar refractivity (Wildman–Crippen MR) is 99.5 cm³/mol. The third kappa shape index (κ3) is 8.75. The Morgan fingerprint density at radius 3 is 2.04 bits per heavy atom. The Morgan fingerprint density at radius 2 is 1.43 bits per heavy atom. The van der Waals surface area contributed by atoms with E-state index < -0.39 is 0 Å². The molecule has 1 aliphatic heterocycles. The molecule has 1 aliphatic rings. The zero-order valence-corrected chi connectivity index (χ0v) is 15.7. The molecule has 130 valence electrons. The molecular weight excluding hydrogens is 284 g/mol. The van der Waals surface area contributed by atoms with Gasteiger partial charge in [0, 0.05) is 32.3 Å². The Balaban J connectivity index is 2.33. The van der Waals surface area contributed by atoms with Crippen LogP contribution in [-0.4, -0.2) is 48.9 Å². The summed E-state index contributed by atoms with van der Waals surface area (Å²) in [5, 5.41) is 0. The van der Waals surface area contributed by atoms with E-state index >= 15 is 0 Å². The second-order valence-electron chi connectivity index (χ2n) is 7.03. The molecule has 0 N–H and O–H groups in total. The van der Waals surface area contributed by atoms with Crippen LogP contribution in [0.15, 0.2) is 34.9 Å². The molecule has 1 amide bonds. The normalized spacial score (nSPS) is 17.3. The van der Waals surface area contributed by atoms with Crippen LogP contribution in [0.2, 0.25) is 0 Å². The average Bonchev–Trinajstić information content (AvgIpc) is 2.47. The SMILES string of the molecule is CC(C)=CCC/C(C)=C/CC/C(C)=C/C(=O)N1CCN(C)CC1. The van der Waals surface area contributed by atoms with Gasteiger partial charge in [-0.05, 0) is 60.4 Å². The van der Waals surface area contributed by atoms with Crippen molar-refractivity contribution in [3.05, 3.63) is 34.9 Å². The Morgan fingerprint density at radius 1 is 0.870 bits per heavy atom. The lowest BCUT2D eigenvalue weighted by Gasteiger charge is -2.31. The summed E-state index contributed by atoms with van der Waals surface area (Å²) in [5.74, 6) is 0.180. The van der Waals surface area contributed by atoms with Crippen LogP contribution in [0.25, 0.3) is 0 Å². The van der Waals surface area contributed by atoms with Gasteiger partial charge < -0.3 is 9.80 Å². The van der Waals surface area contributed by atoms with Gasteiger partial charge in [-0.25, -0.2) is 0 Å². The molecule has 0 aliphatic carbocycles. The van der Waals surface area contributed by atoms with E-state index in [0.29, 0.717) is 0 Å². The number of piperazine rings is 1. The second-order valence-corrected chi connectivity index (χ2v) is 7.03. The van der Waals surface area contributed by atoms with E-state index in [1.54, 1.807) is 0 Å². The highest BCUT2D eigenvalue weighted by Crippen LogP contribution is 2.12. The molecule has 1 fully saturated rings. The summed E-state index contributed by atoms with van der Waals surface area (Å²) in [7, 11) is 2.11. The third-order valence-corrected chi connectivity index (χ3v) is 4.31. The summed E-state index contributed by atoms with van der Waals surface area (Å²) in [5.41, 5.74) is 4.02. The lowest BCUT2D eigenvalue weighted by Crippen LogP contribution is -2.46. The fourth-order valence-electron chi connectivity index (χ4n) is 2.64. The van der Waals surface area contributed by atoms with Crippen LogP contribution < -0.4 is 0 Å². The first-order chi connectivity index (χ1) is 10.9. The van der Waals surface area contributed by atoms with E-state index in [1.807, 2.05) is 11.0 Å². The van der Waals surface area contributed by atoms with E-state index in [1.165, 1.54) is 16.7 Å². The number of rotatable bonds is 7. The van der Waals surface area contributed by atoms with Gasteiger partial charge >= 0.3 is 0 Å². The molecule has 3 nitrogen and oxygen atoms in total. The first-order valence-electron chi connectivity index (χ1n) is 8.82. The van der Waals surface area contributed by atoms with E-state index in [9.17, 15) is 4.79 Å². The van der Waals surface area contributed by atoms with Crippen molar-refractivity contribution in [2.24, 2.45) is 0 Å². The van der Waals surface area contributed by atoms with Crippen molar-refractivity contribution >= 4 is 5.91 Å². The van der Waals surface area contributed by atoms with Crippen LogP contribution in [-0.2, 0) is 4.79 Å². The molecule has 23 heavy (non-hydrogen) atoms. The second kappa shape index (κ2) is 10.4. The Bertz CT molecular complexity index is 462. The molecule has 0 atom stereocenters. The van der Waals surface area contributed by atoms with Gasteiger partial charge in [-0.3, -0.25) is 4.79 Å². The number of hydrogen-bond acceptors (Lipinski definition) is 2. The maximum atomic E-state index is 12.2. The highest BCUT2D eigenvalue weighted by atomic mass is 16.2. The van der Waals surface area contributed by atoms with Crippen LogP contribution in [0, 0.1) is 0 Å². The van der Waals surface area contributed by atoms with Gasteiger partial charge in [-0.15, -0.1) is 0 Å². The predicted octanol–water partition coefficient (Wildman–Crippen LogP) is 4.18. The molecule has 0 radical (unpaired) electrons. The molecule has 0 bridgehead atoms. The summed E-state index contributed by atoms with van der Waals surface area (Å²) in [6.07, 6.45) is 10.7. The number of carbonyl (C=O) groups excluding carboxylic acids is 1. The first kappa shape index (κ1) is 19.7. The Hall–Kier alpha value is -1.35. The fourth-order valence-corrected chi connectivity index (χ4v) is 2.64. The molecule has 1 heterocycles. The summed E-state index contributed by atoms with van der Waals surface area (Å²) >= 11 is 0. The quantitative estimate of drug-likeness (QED) is 0.519. The van der Waals surface area contributed by atoms with Crippen LogP contribution in [0.1, 0.15) is 53.4 Å². The molecule has 0 unspecified atom stereocenters. The molecule has 3 heteroatoms. The van der Waals surface area contributed by atoms with Crippen molar-refractivity contribution in [1.29, 1.82) is 0 Å². The topological polar surface area (TPSA) is 23.6 Å². The summed E-state index contributed by atoms with van der Waals surface area (Å²) < 4.78 is 0. The number of likely N-dealkylation sites (N-methyl/N-ethyl adjacent to an activating group) is 1. The molecular formula is C20H34N2O. The molecule has 0 aromatic carbocycles. The van der Waals surface area contributed by atoms with Gasteiger partial charge in [-0.1, -0.05) is 28.9 Å². The van der Waals surface area contributed by atoms with E-state index in [0.717, 1.165) is 51.9 Å². The van der Waals surface area contributed by atoms with Crippen LogP contribution >= 0.6 is 0 Å². The van der Waals surface area contributed by atoms with Gasteiger partial charge in [0.15, 0.2) is 0 Å². The van der Waals surface area contributed by atoms with Gasteiger partial charge in [0.2, 0.25) is 5.91 Å². The number of carbonyl (C=O) groups is 1. The van der Waals surface area contributed by atoms with Crippen molar-refractivity contribution in [2.75, 3.05) is 33.2 Å². The number of allylic oxidation sites excluding steroid dienone is 5. The molecule has 0 saturated carbocycles. The van der Waals surface area contributed by atoms with E-state index in [4.69, 9.17) is 0 Å². The van der Waals surface area contributed by atoms with E-state index in [2.05, 4.69) is 51.8 Å². The van der Waals surface area contributed by atoms with Crippen molar-refractivity contribution in [3.8, 4) is 0 Å². The molecule has 1 saturated heterocycles. The monoisotopic (exact) mass is 318 g/mol. The van der Waals surface area contributed by atoms with Crippen LogP contribution in [0.3, 0.4) is 0 Å². The minimum atomic E-state index is 0.180. The number of amides is 1. The maximum absolute atomic E-state index is 12.2. The molecule has 0 aromatic heterocycles. The molecule has 0 spiro atoms. The maximum Gasteiger partial charge on any atom is 0.246 e. The Labute approximate surface area is 142 Å². The number of hydrogen-bond donors (Lipinski definition) is 0. The fraction of sp³-hybridized carbons (Fsp3) is 0.650. The highest BCUT2D eigenvalue weighted by Gasteiger charge is 2.17. The minimum absolute atomic E-state index is 0.180. The lowest BCUT2D eigenvalue weighted by atomic mass is 10.1. The third-order valence-electron chi connectivity index (χ3n) is 4.31. The summed E-state index contributed by atoms with van der Waals surface area (Å²) in [4.78, 5) is 16.5. The van der Waals surface area contributed by atoms with Crippen molar-refractivity contribution in [3.63, 3.8) is 0 Å². The zero-order chi connectivity index (χ0) is 17.2. The highest BCUT2D eigenvalue weighted by molar-refractivity contribution is 5.88. The van der Waals surface area contributed by atoms with Crippen LogP contribution in [0.5, 0.6) is 0 Å². The average molecular weight is 319 g/mol. The molecule has 1 rings (SSSR count). The first-order valence-corrected chi connectivity index (χ1v) is 8.82. The smallest absolute Gasteiger partial charge is 0.246 e. The summed E-state index contributed by atoms with van der Waals surface area (Å²) in [6, 6.07) is 0. The van der Waals surface area contributed by atoms with Crippen LogP contribution in [0.4, 0.5) is 0 Å². The molecule has 0 aromatic rings. The minimum Gasteiger partial charge on any atom is -0.337 e. The Kier molecular flexibility index (Phi) is 8.93. The van der Waals surface area contributed by atoms with Gasteiger partial charge in [-0.2, -0.15) is 0 Å². The van der Waals surface area contributed by atoms with Crippen molar-refractivity contribution < 1.29 is 4.79 Å². The van der Waals surface area contributed by atoms with Crippen molar-refractivity contribution in [2.45, 2.75) is 53.4 Å².